The minimum absolute atomic E-state index is 0.0486. The van der Waals surface area contributed by atoms with Gasteiger partial charge in [-0.05, 0) is 54.1 Å². The SMILES string of the molecule is COc1cc(/C=C2\SC(=O)N(CC(=O)Nc3ccccc3C)C2=O)cc(Cl)c1O. The second-order valence-electron chi connectivity index (χ2n) is 6.18. The highest BCUT2D eigenvalue weighted by molar-refractivity contribution is 8.18. The Labute approximate surface area is 176 Å². The molecule has 2 N–H and O–H groups in total. The molecule has 3 rings (SSSR count). The largest absolute Gasteiger partial charge is 0.503 e. The van der Waals surface area contributed by atoms with E-state index >= 15 is 0 Å². The number of carbonyl (C=O) groups excluding carboxylic acids is 3. The van der Waals surface area contributed by atoms with Crippen LogP contribution in [0.2, 0.25) is 5.02 Å². The van der Waals surface area contributed by atoms with Crippen molar-refractivity contribution in [3.8, 4) is 11.5 Å². The van der Waals surface area contributed by atoms with Crippen LogP contribution < -0.4 is 10.1 Å². The predicted molar refractivity (Wildman–Crippen MR) is 112 cm³/mol. The number of rotatable bonds is 5. The molecule has 7 nitrogen and oxygen atoms in total. The van der Waals surface area contributed by atoms with Crippen LogP contribution in [0.15, 0.2) is 41.3 Å². The number of amides is 3. The van der Waals surface area contributed by atoms with Crippen LogP contribution in [0, 0.1) is 6.92 Å². The number of halogens is 1. The number of para-hydroxylation sites is 1. The third kappa shape index (κ3) is 4.55. The summed E-state index contributed by atoms with van der Waals surface area (Å²) in [7, 11) is 1.37. The molecule has 0 unspecified atom stereocenters. The van der Waals surface area contributed by atoms with E-state index in [4.69, 9.17) is 16.3 Å². The number of aryl methyl sites for hydroxylation is 1. The molecule has 0 spiro atoms. The summed E-state index contributed by atoms with van der Waals surface area (Å²) in [5.41, 5.74) is 1.96. The van der Waals surface area contributed by atoms with E-state index in [1.165, 1.54) is 25.3 Å². The normalized spacial score (nSPS) is 15.1. The second kappa shape index (κ2) is 8.59. The molecule has 9 heteroatoms. The third-order valence-corrected chi connectivity index (χ3v) is 5.36. The Morgan fingerprint density at radius 2 is 2.03 bits per heavy atom. The lowest BCUT2D eigenvalue weighted by atomic mass is 10.2. The summed E-state index contributed by atoms with van der Waals surface area (Å²) < 4.78 is 5.03. The Kier molecular flexibility index (Phi) is 6.14. The molecule has 0 saturated carbocycles. The van der Waals surface area contributed by atoms with Crippen LogP contribution in [0.4, 0.5) is 10.5 Å². The van der Waals surface area contributed by atoms with Gasteiger partial charge >= 0.3 is 0 Å². The average molecular weight is 433 g/mol. The van der Waals surface area contributed by atoms with Crippen molar-refractivity contribution >= 4 is 52.2 Å². The molecule has 0 bridgehead atoms. The van der Waals surface area contributed by atoms with Crippen molar-refractivity contribution in [3.63, 3.8) is 0 Å². The molecule has 1 aliphatic heterocycles. The predicted octanol–water partition coefficient (Wildman–Crippen LogP) is 4.04. The maximum absolute atomic E-state index is 12.6. The van der Waals surface area contributed by atoms with Crippen LogP contribution in [-0.2, 0) is 9.59 Å². The molecule has 1 fully saturated rings. The number of carbonyl (C=O) groups is 3. The number of imide groups is 1. The summed E-state index contributed by atoms with van der Waals surface area (Å²) in [4.78, 5) is 38.2. The minimum Gasteiger partial charge on any atom is -0.503 e. The van der Waals surface area contributed by atoms with E-state index in [-0.39, 0.29) is 21.4 Å². The number of phenolic OH excluding ortho intramolecular Hbond substituents is 1. The number of aromatic hydroxyl groups is 1. The van der Waals surface area contributed by atoms with Gasteiger partial charge in [0.2, 0.25) is 5.91 Å². The Morgan fingerprint density at radius 3 is 2.72 bits per heavy atom. The molecule has 0 aromatic heterocycles. The maximum atomic E-state index is 12.6. The Bertz CT molecular complexity index is 1040. The smallest absolute Gasteiger partial charge is 0.294 e. The van der Waals surface area contributed by atoms with Gasteiger partial charge in [0, 0.05) is 5.69 Å². The Balaban J connectivity index is 1.76. The number of ether oxygens (including phenoxy) is 1. The highest BCUT2D eigenvalue weighted by Gasteiger charge is 2.36. The quantitative estimate of drug-likeness (QED) is 0.692. The molecule has 2 aromatic carbocycles. The Morgan fingerprint density at radius 1 is 1.31 bits per heavy atom. The van der Waals surface area contributed by atoms with Crippen molar-refractivity contribution in [1.29, 1.82) is 0 Å². The summed E-state index contributed by atoms with van der Waals surface area (Å²) in [6, 6.07) is 10.1. The van der Waals surface area contributed by atoms with Crippen molar-refractivity contribution in [2.45, 2.75) is 6.92 Å². The summed E-state index contributed by atoms with van der Waals surface area (Å²) in [6.45, 7) is 1.45. The van der Waals surface area contributed by atoms with E-state index in [0.29, 0.717) is 11.3 Å². The van der Waals surface area contributed by atoms with Crippen molar-refractivity contribution in [3.05, 3.63) is 57.5 Å². The van der Waals surface area contributed by atoms with Crippen LogP contribution in [0.5, 0.6) is 11.5 Å². The second-order valence-corrected chi connectivity index (χ2v) is 7.58. The first-order chi connectivity index (χ1) is 13.8. The summed E-state index contributed by atoms with van der Waals surface area (Å²) >= 11 is 6.68. The molecule has 0 radical (unpaired) electrons. The number of phenols is 1. The van der Waals surface area contributed by atoms with Crippen molar-refractivity contribution < 1.29 is 24.2 Å². The zero-order valence-electron chi connectivity index (χ0n) is 15.6. The highest BCUT2D eigenvalue weighted by Crippen LogP contribution is 2.37. The Hall–Kier alpha value is -2.97. The van der Waals surface area contributed by atoms with E-state index in [1.54, 1.807) is 12.1 Å². The summed E-state index contributed by atoms with van der Waals surface area (Å²) in [5, 5.41) is 12.0. The zero-order chi connectivity index (χ0) is 21.1. The number of benzene rings is 2. The number of thioether (sulfide) groups is 1. The van der Waals surface area contributed by atoms with E-state index in [0.717, 1.165) is 22.2 Å². The van der Waals surface area contributed by atoms with Gasteiger partial charge in [0.15, 0.2) is 11.5 Å². The molecule has 0 aliphatic carbocycles. The van der Waals surface area contributed by atoms with Crippen LogP contribution in [0.25, 0.3) is 6.08 Å². The first-order valence-corrected chi connectivity index (χ1v) is 9.67. The molecule has 2 aromatic rings. The van der Waals surface area contributed by atoms with Crippen LogP contribution >= 0.6 is 23.4 Å². The highest BCUT2D eigenvalue weighted by atomic mass is 35.5. The average Bonchev–Trinajstić information content (AvgIpc) is 2.93. The topological polar surface area (TPSA) is 95.9 Å². The van der Waals surface area contributed by atoms with E-state index in [1.807, 2.05) is 19.1 Å². The van der Waals surface area contributed by atoms with E-state index in [2.05, 4.69) is 5.32 Å². The summed E-state index contributed by atoms with van der Waals surface area (Å²) in [6.07, 6.45) is 1.46. The molecule has 3 amide bonds. The van der Waals surface area contributed by atoms with Crippen LogP contribution in [0.3, 0.4) is 0 Å². The van der Waals surface area contributed by atoms with Gasteiger partial charge in [-0.25, -0.2) is 0 Å². The zero-order valence-corrected chi connectivity index (χ0v) is 17.1. The van der Waals surface area contributed by atoms with Crippen LogP contribution in [-0.4, -0.2) is 40.7 Å². The fourth-order valence-electron chi connectivity index (χ4n) is 2.67. The lowest BCUT2D eigenvalue weighted by Gasteiger charge is -2.13. The van der Waals surface area contributed by atoms with Gasteiger partial charge in [-0.2, -0.15) is 0 Å². The molecule has 29 heavy (non-hydrogen) atoms. The van der Waals surface area contributed by atoms with Crippen molar-refractivity contribution in [2.75, 3.05) is 19.0 Å². The molecule has 150 valence electrons. The van der Waals surface area contributed by atoms with Gasteiger partial charge < -0.3 is 15.2 Å². The van der Waals surface area contributed by atoms with Gasteiger partial charge in [0.1, 0.15) is 6.54 Å². The van der Waals surface area contributed by atoms with E-state index < -0.39 is 23.6 Å². The van der Waals surface area contributed by atoms with Gasteiger partial charge in [0.05, 0.1) is 17.0 Å². The monoisotopic (exact) mass is 432 g/mol. The minimum atomic E-state index is -0.580. The van der Waals surface area contributed by atoms with E-state index in [9.17, 15) is 19.5 Å². The molecule has 1 aliphatic rings. The molecule has 1 saturated heterocycles. The van der Waals surface area contributed by atoms with Crippen molar-refractivity contribution in [1.82, 2.24) is 4.90 Å². The lowest BCUT2D eigenvalue weighted by molar-refractivity contribution is -0.127. The van der Waals surface area contributed by atoms with Gasteiger partial charge in [-0.3, -0.25) is 19.3 Å². The fourth-order valence-corrected chi connectivity index (χ4v) is 3.72. The van der Waals surface area contributed by atoms with Crippen molar-refractivity contribution in [2.24, 2.45) is 0 Å². The number of methoxy groups -OCH3 is 1. The number of anilines is 1. The summed E-state index contributed by atoms with van der Waals surface area (Å²) in [5.74, 6) is -1.13. The molecule has 0 atom stereocenters. The van der Waals surface area contributed by atoms with Gasteiger partial charge in [-0.15, -0.1) is 0 Å². The lowest BCUT2D eigenvalue weighted by Crippen LogP contribution is -2.36. The number of nitrogens with zero attached hydrogens (tertiary/aromatic N) is 1. The number of hydrogen-bond donors (Lipinski definition) is 2. The first-order valence-electron chi connectivity index (χ1n) is 8.47. The first kappa shape index (κ1) is 20.8. The molecular formula is C20H17ClN2O5S. The molecular weight excluding hydrogens is 416 g/mol. The fraction of sp³-hybridized carbons (Fsp3) is 0.150. The maximum Gasteiger partial charge on any atom is 0.294 e. The number of hydrogen-bond acceptors (Lipinski definition) is 6. The van der Waals surface area contributed by atoms with Gasteiger partial charge in [-0.1, -0.05) is 29.8 Å². The third-order valence-electron chi connectivity index (χ3n) is 4.16. The molecule has 1 heterocycles. The van der Waals surface area contributed by atoms with Crippen LogP contribution in [0.1, 0.15) is 11.1 Å². The standard InChI is InChI=1S/C20H17ClN2O5S/c1-11-5-3-4-6-14(11)22-17(24)10-23-19(26)16(29-20(23)27)9-12-7-13(21)18(25)15(8-12)28-2/h3-9,25H,10H2,1-2H3,(H,22,24)/b16-9-. The number of nitrogens with one attached hydrogen (secondary N) is 1. The van der Waals surface area contributed by atoms with Gasteiger partial charge in [0.25, 0.3) is 11.1 Å².